The lowest BCUT2D eigenvalue weighted by Crippen LogP contribution is -2.28. The zero-order valence-electron chi connectivity index (χ0n) is 13.1. The molecule has 22 heavy (non-hydrogen) atoms. The lowest BCUT2D eigenvalue weighted by atomic mass is 10.1. The van der Waals surface area contributed by atoms with Crippen LogP contribution in [0.25, 0.3) is 0 Å². The van der Waals surface area contributed by atoms with Crippen LogP contribution in [0.1, 0.15) is 59.9 Å². The van der Waals surface area contributed by atoms with Crippen molar-refractivity contribution in [3.63, 3.8) is 0 Å². The fourth-order valence-corrected chi connectivity index (χ4v) is 2.64. The Kier molecular flexibility index (Phi) is 3.92. The number of carbonyl (C=O) groups excluding carboxylic acids is 1. The van der Waals surface area contributed by atoms with Crippen molar-refractivity contribution in [3.05, 3.63) is 41.3 Å². The van der Waals surface area contributed by atoms with E-state index in [1.165, 1.54) is 0 Å². The van der Waals surface area contributed by atoms with Crippen LogP contribution in [0.15, 0.2) is 22.9 Å². The van der Waals surface area contributed by atoms with E-state index in [1.54, 1.807) is 17.2 Å². The monoisotopic (exact) mass is 300 g/mol. The SMILES string of the molecule is Cc1ccnc([C@H]2CCN(C(=O)c3cc(C(C)C)no3)C2)n1. The Morgan fingerprint density at radius 2 is 2.27 bits per heavy atom. The summed E-state index contributed by atoms with van der Waals surface area (Å²) in [6.07, 6.45) is 2.65. The molecule has 1 atom stereocenters. The molecule has 116 valence electrons. The molecule has 6 heteroatoms. The Morgan fingerprint density at radius 1 is 1.45 bits per heavy atom. The summed E-state index contributed by atoms with van der Waals surface area (Å²) in [5.74, 6) is 1.47. The normalized spacial score (nSPS) is 18.2. The van der Waals surface area contributed by atoms with Crippen LogP contribution < -0.4 is 0 Å². The second-order valence-electron chi connectivity index (χ2n) is 6.06. The minimum atomic E-state index is -0.102. The van der Waals surface area contributed by atoms with Crippen molar-refractivity contribution < 1.29 is 9.32 Å². The maximum absolute atomic E-state index is 12.5. The Morgan fingerprint density at radius 3 is 2.95 bits per heavy atom. The second-order valence-corrected chi connectivity index (χ2v) is 6.06. The topological polar surface area (TPSA) is 72.1 Å². The molecule has 0 radical (unpaired) electrons. The van der Waals surface area contributed by atoms with Gasteiger partial charge in [0.1, 0.15) is 5.82 Å². The predicted molar refractivity (Wildman–Crippen MR) is 80.6 cm³/mol. The summed E-state index contributed by atoms with van der Waals surface area (Å²) < 4.78 is 5.19. The number of carbonyl (C=O) groups is 1. The van der Waals surface area contributed by atoms with E-state index in [4.69, 9.17) is 4.52 Å². The van der Waals surface area contributed by atoms with Gasteiger partial charge in [-0.3, -0.25) is 4.79 Å². The molecular weight excluding hydrogens is 280 g/mol. The van der Waals surface area contributed by atoms with Crippen LogP contribution in [0.2, 0.25) is 0 Å². The molecule has 0 N–H and O–H groups in total. The number of hydrogen-bond acceptors (Lipinski definition) is 5. The lowest BCUT2D eigenvalue weighted by molar-refractivity contribution is 0.0749. The third-order valence-corrected chi connectivity index (χ3v) is 3.98. The summed E-state index contributed by atoms with van der Waals surface area (Å²) >= 11 is 0. The summed E-state index contributed by atoms with van der Waals surface area (Å²) in [4.78, 5) is 23.1. The van der Waals surface area contributed by atoms with Crippen molar-refractivity contribution in [3.8, 4) is 0 Å². The van der Waals surface area contributed by atoms with E-state index < -0.39 is 0 Å². The van der Waals surface area contributed by atoms with E-state index in [1.807, 2.05) is 26.8 Å². The lowest BCUT2D eigenvalue weighted by Gasteiger charge is -2.14. The van der Waals surface area contributed by atoms with Crippen LogP contribution in [-0.4, -0.2) is 39.0 Å². The van der Waals surface area contributed by atoms with Gasteiger partial charge >= 0.3 is 0 Å². The van der Waals surface area contributed by atoms with Crippen molar-refractivity contribution in [2.45, 2.75) is 39.0 Å². The molecule has 3 rings (SSSR count). The zero-order chi connectivity index (χ0) is 15.7. The van der Waals surface area contributed by atoms with Crippen molar-refractivity contribution in [2.75, 3.05) is 13.1 Å². The van der Waals surface area contributed by atoms with Crippen LogP contribution in [0.4, 0.5) is 0 Å². The third-order valence-electron chi connectivity index (χ3n) is 3.98. The number of nitrogens with zero attached hydrogens (tertiary/aromatic N) is 4. The summed E-state index contributed by atoms with van der Waals surface area (Å²) in [6, 6.07) is 3.62. The van der Waals surface area contributed by atoms with E-state index in [0.29, 0.717) is 18.8 Å². The number of hydrogen-bond donors (Lipinski definition) is 0. The van der Waals surface area contributed by atoms with Gasteiger partial charge in [-0.1, -0.05) is 19.0 Å². The average molecular weight is 300 g/mol. The first kappa shape index (κ1) is 14.7. The number of rotatable bonds is 3. The first-order chi connectivity index (χ1) is 10.5. The molecule has 0 aliphatic carbocycles. The van der Waals surface area contributed by atoms with E-state index in [0.717, 1.165) is 23.6 Å². The van der Waals surface area contributed by atoms with E-state index >= 15 is 0 Å². The fraction of sp³-hybridized carbons (Fsp3) is 0.500. The van der Waals surface area contributed by atoms with E-state index in [2.05, 4.69) is 15.1 Å². The zero-order valence-corrected chi connectivity index (χ0v) is 13.1. The first-order valence-electron chi connectivity index (χ1n) is 7.60. The molecular formula is C16H20N4O2. The highest BCUT2D eigenvalue weighted by molar-refractivity contribution is 5.91. The van der Waals surface area contributed by atoms with Gasteiger partial charge in [-0.25, -0.2) is 9.97 Å². The molecule has 2 aromatic rings. The second kappa shape index (κ2) is 5.87. The Hall–Kier alpha value is -2.24. The highest BCUT2D eigenvalue weighted by Crippen LogP contribution is 2.26. The number of likely N-dealkylation sites (tertiary alicyclic amines) is 1. The molecule has 0 bridgehead atoms. The molecule has 1 fully saturated rings. The van der Waals surface area contributed by atoms with Crippen LogP contribution in [0.5, 0.6) is 0 Å². The number of amides is 1. The maximum atomic E-state index is 12.5. The average Bonchev–Trinajstić information content (AvgIpc) is 3.16. The molecule has 1 aliphatic rings. The minimum Gasteiger partial charge on any atom is -0.351 e. The van der Waals surface area contributed by atoms with Gasteiger partial charge in [0.15, 0.2) is 0 Å². The first-order valence-corrected chi connectivity index (χ1v) is 7.60. The Balaban J connectivity index is 1.70. The van der Waals surface area contributed by atoms with Crippen molar-refractivity contribution in [1.29, 1.82) is 0 Å². The molecule has 0 unspecified atom stereocenters. The van der Waals surface area contributed by atoms with Gasteiger partial charge in [0.2, 0.25) is 5.76 Å². The highest BCUT2D eigenvalue weighted by atomic mass is 16.5. The minimum absolute atomic E-state index is 0.102. The molecule has 1 aliphatic heterocycles. The Labute approximate surface area is 129 Å². The van der Waals surface area contributed by atoms with Gasteiger partial charge in [0.25, 0.3) is 5.91 Å². The van der Waals surface area contributed by atoms with Crippen LogP contribution in [0.3, 0.4) is 0 Å². The summed E-state index contributed by atoms with van der Waals surface area (Å²) in [5.41, 5.74) is 1.76. The maximum Gasteiger partial charge on any atom is 0.292 e. The summed E-state index contributed by atoms with van der Waals surface area (Å²) in [7, 11) is 0. The smallest absolute Gasteiger partial charge is 0.292 e. The van der Waals surface area contributed by atoms with Gasteiger partial charge in [-0.15, -0.1) is 0 Å². The molecule has 0 saturated carbocycles. The molecule has 1 saturated heterocycles. The van der Waals surface area contributed by atoms with Gasteiger partial charge in [-0.05, 0) is 25.3 Å². The van der Waals surface area contributed by atoms with Gasteiger partial charge in [0, 0.05) is 37.0 Å². The Bertz CT molecular complexity index is 680. The van der Waals surface area contributed by atoms with Gasteiger partial charge < -0.3 is 9.42 Å². The molecule has 0 spiro atoms. The molecule has 3 heterocycles. The van der Waals surface area contributed by atoms with E-state index in [-0.39, 0.29) is 17.7 Å². The summed E-state index contributed by atoms with van der Waals surface area (Å²) in [5, 5.41) is 3.95. The van der Waals surface area contributed by atoms with Crippen molar-refractivity contribution in [1.82, 2.24) is 20.0 Å². The fourth-order valence-electron chi connectivity index (χ4n) is 2.64. The van der Waals surface area contributed by atoms with Crippen LogP contribution in [-0.2, 0) is 0 Å². The van der Waals surface area contributed by atoms with Crippen molar-refractivity contribution in [2.24, 2.45) is 0 Å². The molecule has 6 nitrogen and oxygen atoms in total. The van der Waals surface area contributed by atoms with Crippen molar-refractivity contribution >= 4 is 5.91 Å². The van der Waals surface area contributed by atoms with E-state index in [9.17, 15) is 4.79 Å². The van der Waals surface area contributed by atoms with Crippen LogP contribution >= 0.6 is 0 Å². The summed E-state index contributed by atoms with van der Waals surface area (Å²) in [6.45, 7) is 7.31. The molecule has 2 aromatic heterocycles. The number of aryl methyl sites for hydroxylation is 1. The molecule has 1 amide bonds. The van der Waals surface area contributed by atoms with Crippen LogP contribution in [0, 0.1) is 6.92 Å². The van der Waals surface area contributed by atoms with Gasteiger partial charge in [0.05, 0.1) is 5.69 Å². The van der Waals surface area contributed by atoms with Gasteiger partial charge in [-0.2, -0.15) is 0 Å². The quantitative estimate of drug-likeness (QED) is 0.871. The standard InChI is InChI=1S/C16H20N4O2/c1-10(2)13-8-14(22-19-13)16(21)20-7-5-12(9-20)15-17-6-4-11(3)18-15/h4,6,8,10,12H,5,7,9H2,1-3H3/t12-/m0/s1. The predicted octanol–water partition coefficient (Wildman–Crippen LogP) is 2.53. The number of aromatic nitrogens is 3. The highest BCUT2D eigenvalue weighted by Gasteiger charge is 2.31. The largest absolute Gasteiger partial charge is 0.351 e. The molecule has 0 aromatic carbocycles. The third kappa shape index (κ3) is 2.86.